The van der Waals surface area contributed by atoms with Gasteiger partial charge in [0.2, 0.25) is 0 Å². The molecule has 0 amide bonds. The Bertz CT molecular complexity index is 761. The average Bonchev–Trinajstić information content (AvgIpc) is 2.56. The zero-order chi connectivity index (χ0) is 17.5. The molecule has 0 radical (unpaired) electrons. The van der Waals surface area contributed by atoms with E-state index in [-0.39, 0.29) is 27.4 Å². The zero-order valence-corrected chi connectivity index (χ0v) is 14.2. The molecule has 0 saturated heterocycles. The molecule has 0 heterocycles. The summed E-state index contributed by atoms with van der Waals surface area (Å²) in [5.41, 5.74) is -0.0579. The minimum Gasteiger partial charge on any atom is -0.451 e. The average molecular weight is 443 g/mol. The van der Waals surface area contributed by atoms with Crippen molar-refractivity contribution in [2.75, 3.05) is 4.61 Å². The number of halogens is 1. The second-order valence-electron chi connectivity index (χ2n) is 4.24. The van der Waals surface area contributed by atoms with Crippen molar-refractivity contribution >= 4 is 40.4 Å². The van der Waals surface area contributed by atoms with Gasteiger partial charge in [0, 0.05) is 12.1 Å². The number of alkyl halides is 1. The third kappa shape index (κ3) is 4.65. The first kappa shape index (κ1) is 17.7. The number of carbonyl (C=O) groups is 2. The molecule has 2 aromatic carbocycles. The SMILES string of the molecule is O=C(Oc1ccc([N+](=O)[O-])cc1)Oc1ccccc1C(=O)OCI. The predicted molar refractivity (Wildman–Crippen MR) is 90.5 cm³/mol. The highest BCUT2D eigenvalue weighted by atomic mass is 127. The predicted octanol–water partition coefficient (Wildman–Crippen LogP) is 3.72. The highest BCUT2D eigenvalue weighted by Crippen LogP contribution is 2.21. The summed E-state index contributed by atoms with van der Waals surface area (Å²) in [7, 11) is 0. The van der Waals surface area contributed by atoms with Gasteiger partial charge in [-0.1, -0.05) is 12.1 Å². The molecule has 0 N–H and O–H groups in total. The number of non-ortho nitro benzene ring substituents is 1. The van der Waals surface area contributed by atoms with Crippen LogP contribution >= 0.6 is 22.6 Å². The highest BCUT2D eigenvalue weighted by molar-refractivity contribution is 14.1. The van der Waals surface area contributed by atoms with Crippen molar-refractivity contribution in [2.24, 2.45) is 0 Å². The van der Waals surface area contributed by atoms with Crippen molar-refractivity contribution in [1.82, 2.24) is 0 Å². The van der Waals surface area contributed by atoms with E-state index in [0.717, 1.165) is 0 Å². The van der Waals surface area contributed by atoms with Crippen LogP contribution in [0.15, 0.2) is 48.5 Å². The molecular formula is C15H10INO7. The van der Waals surface area contributed by atoms with Crippen LogP contribution in [0.5, 0.6) is 11.5 Å². The summed E-state index contributed by atoms with van der Waals surface area (Å²) in [6.07, 6.45) is -1.08. The van der Waals surface area contributed by atoms with Crippen molar-refractivity contribution in [3.63, 3.8) is 0 Å². The minimum atomic E-state index is -1.08. The third-order valence-electron chi connectivity index (χ3n) is 2.73. The fourth-order valence-corrected chi connectivity index (χ4v) is 1.98. The maximum atomic E-state index is 11.8. The second-order valence-corrected chi connectivity index (χ2v) is 4.87. The lowest BCUT2D eigenvalue weighted by Gasteiger charge is -2.09. The number of nitrogens with zero attached hydrogens (tertiary/aromatic N) is 1. The summed E-state index contributed by atoms with van der Waals surface area (Å²) in [6.45, 7) is 0. The lowest BCUT2D eigenvalue weighted by molar-refractivity contribution is -0.384. The van der Waals surface area contributed by atoms with Gasteiger partial charge in [-0.05, 0) is 46.9 Å². The van der Waals surface area contributed by atoms with Crippen molar-refractivity contribution in [2.45, 2.75) is 0 Å². The number of ether oxygens (including phenoxy) is 3. The van der Waals surface area contributed by atoms with Crippen LogP contribution in [0.1, 0.15) is 10.4 Å². The van der Waals surface area contributed by atoms with E-state index in [1.807, 2.05) is 22.6 Å². The fraction of sp³-hybridized carbons (Fsp3) is 0.0667. The monoisotopic (exact) mass is 443 g/mol. The molecule has 124 valence electrons. The Hall–Kier alpha value is -2.69. The fourth-order valence-electron chi connectivity index (χ4n) is 1.69. The maximum Gasteiger partial charge on any atom is 0.519 e. The molecule has 8 nitrogen and oxygen atoms in total. The molecule has 0 fully saturated rings. The van der Waals surface area contributed by atoms with E-state index in [2.05, 4.69) is 0 Å². The molecule has 0 unspecified atom stereocenters. The Kier molecular flexibility index (Phi) is 6.07. The molecule has 2 aromatic rings. The normalized spacial score (nSPS) is 9.88. The summed E-state index contributed by atoms with van der Waals surface area (Å²) in [5.74, 6) is -0.583. The van der Waals surface area contributed by atoms with E-state index in [9.17, 15) is 19.7 Å². The minimum absolute atomic E-state index is 0.0146. The third-order valence-corrected chi connectivity index (χ3v) is 3.05. The Labute approximate surface area is 149 Å². The van der Waals surface area contributed by atoms with Crippen LogP contribution in [-0.4, -0.2) is 21.7 Å². The molecule has 0 saturated carbocycles. The van der Waals surface area contributed by atoms with Gasteiger partial charge in [-0.2, -0.15) is 0 Å². The van der Waals surface area contributed by atoms with Gasteiger partial charge in [-0.15, -0.1) is 0 Å². The Morgan fingerprint density at radius 2 is 1.71 bits per heavy atom. The Balaban J connectivity index is 2.07. The molecule has 24 heavy (non-hydrogen) atoms. The second kappa shape index (κ2) is 8.24. The summed E-state index contributed by atoms with van der Waals surface area (Å²) in [6, 6.07) is 10.9. The summed E-state index contributed by atoms with van der Waals surface area (Å²) >= 11 is 1.87. The largest absolute Gasteiger partial charge is 0.519 e. The first-order valence-corrected chi connectivity index (χ1v) is 8.00. The number of benzene rings is 2. The van der Waals surface area contributed by atoms with Gasteiger partial charge in [0.15, 0.2) is 0 Å². The first-order valence-electron chi connectivity index (χ1n) is 6.47. The summed E-state index contributed by atoms with van der Waals surface area (Å²) < 4.78 is 14.9. The van der Waals surface area contributed by atoms with Crippen LogP contribution in [0, 0.1) is 10.1 Å². The van der Waals surface area contributed by atoms with Gasteiger partial charge >= 0.3 is 12.1 Å². The van der Waals surface area contributed by atoms with Crippen LogP contribution in [0.2, 0.25) is 0 Å². The number of hydrogen-bond acceptors (Lipinski definition) is 7. The zero-order valence-electron chi connectivity index (χ0n) is 12.0. The lowest BCUT2D eigenvalue weighted by atomic mass is 10.2. The highest BCUT2D eigenvalue weighted by Gasteiger charge is 2.17. The quantitative estimate of drug-likeness (QED) is 0.173. The molecule has 0 aliphatic carbocycles. The number of para-hydroxylation sites is 1. The number of carbonyl (C=O) groups excluding carboxylic acids is 2. The van der Waals surface area contributed by atoms with E-state index in [1.165, 1.54) is 36.4 Å². The smallest absolute Gasteiger partial charge is 0.451 e. The molecule has 0 aromatic heterocycles. The van der Waals surface area contributed by atoms with Gasteiger partial charge in [0.25, 0.3) is 5.69 Å². The van der Waals surface area contributed by atoms with Crippen LogP contribution < -0.4 is 9.47 Å². The molecular weight excluding hydrogens is 433 g/mol. The number of nitro benzene ring substituents is 1. The first-order chi connectivity index (χ1) is 11.5. The molecule has 0 aliphatic rings. The molecule has 9 heteroatoms. The molecule has 2 rings (SSSR count). The molecule has 0 spiro atoms. The van der Waals surface area contributed by atoms with Gasteiger partial charge in [0.1, 0.15) is 21.7 Å². The van der Waals surface area contributed by atoms with Crippen LogP contribution in [0.4, 0.5) is 10.5 Å². The molecule has 0 atom stereocenters. The molecule has 0 bridgehead atoms. The van der Waals surface area contributed by atoms with Crippen molar-refractivity contribution in [1.29, 1.82) is 0 Å². The topological polar surface area (TPSA) is 105 Å². The van der Waals surface area contributed by atoms with E-state index < -0.39 is 17.0 Å². The van der Waals surface area contributed by atoms with E-state index in [0.29, 0.717) is 0 Å². The number of hydrogen-bond donors (Lipinski definition) is 0. The van der Waals surface area contributed by atoms with E-state index in [4.69, 9.17) is 14.2 Å². The van der Waals surface area contributed by atoms with Crippen molar-refractivity contribution < 1.29 is 28.7 Å². The number of nitro groups is 1. The van der Waals surface area contributed by atoms with Crippen LogP contribution in [0.3, 0.4) is 0 Å². The Morgan fingerprint density at radius 1 is 1.04 bits per heavy atom. The van der Waals surface area contributed by atoms with Gasteiger partial charge in [-0.3, -0.25) is 10.1 Å². The number of esters is 1. The van der Waals surface area contributed by atoms with Crippen LogP contribution in [-0.2, 0) is 4.74 Å². The number of rotatable bonds is 5. The maximum absolute atomic E-state index is 11.8. The lowest BCUT2D eigenvalue weighted by Crippen LogP contribution is -2.16. The standard InChI is InChI=1S/C15H10INO7/c16-9-22-14(18)12-3-1-2-4-13(12)24-15(19)23-11-7-5-10(6-8-11)17(20)21/h1-8H,9H2. The van der Waals surface area contributed by atoms with Crippen molar-refractivity contribution in [3.8, 4) is 11.5 Å². The van der Waals surface area contributed by atoms with E-state index >= 15 is 0 Å². The van der Waals surface area contributed by atoms with Crippen molar-refractivity contribution in [3.05, 3.63) is 64.2 Å². The van der Waals surface area contributed by atoms with Crippen LogP contribution in [0.25, 0.3) is 0 Å². The van der Waals surface area contributed by atoms with Gasteiger partial charge < -0.3 is 14.2 Å². The van der Waals surface area contributed by atoms with E-state index in [1.54, 1.807) is 12.1 Å². The Morgan fingerprint density at radius 3 is 2.33 bits per heavy atom. The molecule has 0 aliphatic heterocycles. The summed E-state index contributed by atoms with van der Waals surface area (Å²) in [5, 5.41) is 10.6. The summed E-state index contributed by atoms with van der Waals surface area (Å²) in [4.78, 5) is 33.6. The van der Waals surface area contributed by atoms with Gasteiger partial charge in [0.05, 0.1) is 4.92 Å². The van der Waals surface area contributed by atoms with Gasteiger partial charge in [-0.25, -0.2) is 9.59 Å².